The van der Waals surface area contributed by atoms with Crippen LogP contribution in [0.4, 0.5) is 9.52 Å². The van der Waals surface area contributed by atoms with Crippen LogP contribution in [0.15, 0.2) is 47.4 Å². The monoisotopic (exact) mass is 504 g/mol. The first kappa shape index (κ1) is 24.7. The van der Waals surface area contributed by atoms with Crippen molar-refractivity contribution < 1.29 is 17.6 Å². The van der Waals surface area contributed by atoms with Crippen LogP contribution < -0.4 is 4.90 Å². The molecular formula is C24H29FN4O3S2. The molecule has 7 nitrogen and oxygen atoms in total. The molecule has 10 heteroatoms. The molecule has 2 aromatic carbocycles. The number of fused-ring (bicyclic) bond motifs is 1. The molecule has 0 radical (unpaired) electrons. The number of benzene rings is 2. The van der Waals surface area contributed by atoms with E-state index in [1.807, 2.05) is 19.0 Å². The van der Waals surface area contributed by atoms with Gasteiger partial charge in [0.25, 0.3) is 5.91 Å². The van der Waals surface area contributed by atoms with Gasteiger partial charge >= 0.3 is 0 Å². The lowest BCUT2D eigenvalue weighted by atomic mass is 10.0. The van der Waals surface area contributed by atoms with Crippen molar-refractivity contribution in [1.82, 2.24) is 14.2 Å². The highest BCUT2D eigenvalue weighted by molar-refractivity contribution is 7.89. The van der Waals surface area contributed by atoms with Crippen LogP contribution in [0.2, 0.25) is 0 Å². The van der Waals surface area contributed by atoms with Crippen molar-refractivity contribution >= 4 is 42.6 Å². The molecule has 1 aromatic heterocycles. The Balaban J connectivity index is 1.59. The molecule has 0 unspecified atom stereocenters. The zero-order valence-corrected chi connectivity index (χ0v) is 21.2. The first-order valence-corrected chi connectivity index (χ1v) is 13.5. The Bertz CT molecular complexity index is 1270. The standard InChI is InChI=1S/C24H29FN4O3S2/c1-17-10-12-28(13-11-17)34(31,32)20-7-4-18(5-8-20)23(30)29(15-14-27(2)3)24-26-21-9-6-19(25)16-22(21)33-24/h4-9,16-17H,10-15H2,1-3H3. The van der Waals surface area contributed by atoms with Crippen LogP contribution in [-0.2, 0) is 10.0 Å². The maximum absolute atomic E-state index is 13.7. The number of halogens is 1. The van der Waals surface area contributed by atoms with Gasteiger partial charge in [-0.3, -0.25) is 9.69 Å². The van der Waals surface area contributed by atoms with Crippen molar-refractivity contribution in [1.29, 1.82) is 0 Å². The van der Waals surface area contributed by atoms with Crippen LogP contribution in [0.5, 0.6) is 0 Å². The summed E-state index contributed by atoms with van der Waals surface area (Å²) in [7, 11) is 0.241. The Morgan fingerprint density at radius 3 is 2.44 bits per heavy atom. The summed E-state index contributed by atoms with van der Waals surface area (Å²) in [6.07, 6.45) is 1.70. The molecule has 1 aliphatic rings. The van der Waals surface area contributed by atoms with Gasteiger partial charge < -0.3 is 4.90 Å². The zero-order chi connectivity index (χ0) is 24.5. The van der Waals surface area contributed by atoms with E-state index >= 15 is 0 Å². The molecule has 0 bridgehead atoms. The zero-order valence-electron chi connectivity index (χ0n) is 19.6. The molecule has 182 valence electrons. The van der Waals surface area contributed by atoms with Gasteiger partial charge in [0.2, 0.25) is 10.0 Å². The van der Waals surface area contributed by atoms with Crippen molar-refractivity contribution in [2.24, 2.45) is 5.92 Å². The molecule has 1 saturated heterocycles. The number of aromatic nitrogens is 1. The van der Waals surface area contributed by atoms with E-state index in [9.17, 15) is 17.6 Å². The molecule has 3 aromatic rings. The number of likely N-dealkylation sites (N-methyl/N-ethyl adjacent to an activating group) is 1. The summed E-state index contributed by atoms with van der Waals surface area (Å²) >= 11 is 1.25. The number of thiazole rings is 1. The Morgan fingerprint density at radius 2 is 1.79 bits per heavy atom. The maximum Gasteiger partial charge on any atom is 0.260 e. The first-order chi connectivity index (χ1) is 16.1. The number of rotatable bonds is 7. The van der Waals surface area contributed by atoms with Crippen molar-refractivity contribution in [3.8, 4) is 0 Å². The van der Waals surface area contributed by atoms with Crippen molar-refractivity contribution in [2.75, 3.05) is 45.2 Å². The minimum Gasteiger partial charge on any atom is -0.308 e. The van der Waals surface area contributed by atoms with Gasteiger partial charge in [0, 0.05) is 31.7 Å². The molecule has 2 heterocycles. The molecule has 0 spiro atoms. The Labute approximate surface area is 203 Å². The largest absolute Gasteiger partial charge is 0.308 e. The fourth-order valence-electron chi connectivity index (χ4n) is 3.89. The molecule has 34 heavy (non-hydrogen) atoms. The van der Waals surface area contributed by atoms with Gasteiger partial charge in [-0.05, 0) is 75.3 Å². The van der Waals surface area contributed by atoms with E-state index in [1.54, 1.807) is 23.1 Å². The predicted octanol–water partition coefficient (Wildman–Crippen LogP) is 4.06. The molecule has 1 fully saturated rings. The number of hydrogen-bond acceptors (Lipinski definition) is 6. The van der Waals surface area contributed by atoms with Gasteiger partial charge in [-0.25, -0.2) is 17.8 Å². The number of nitrogens with zero attached hydrogens (tertiary/aromatic N) is 4. The number of anilines is 1. The topological polar surface area (TPSA) is 73.8 Å². The Kier molecular flexibility index (Phi) is 7.32. The second-order valence-corrected chi connectivity index (χ2v) is 11.9. The van der Waals surface area contributed by atoms with E-state index in [4.69, 9.17) is 0 Å². The molecule has 0 aliphatic carbocycles. The van der Waals surface area contributed by atoms with Crippen LogP contribution >= 0.6 is 11.3 Å². The molecule has 4 rings (SSSR count). The van der Waals surface area contributed by atoms with Crippen LogP contribution in [0.3, 0.4) is 0 Å². The van der Waals surface area contributed by atoms with E-state index in [2.05, 4.69) is 11.9 Å². The average Bonchev–Trinajstić information content (AvgIpc) is 3.22. The highest BCUT2D eigenvalue weighted by Gasteiger charge is 2.28. The third kappa shape index (κ3) is 5.30. The molecule has 0 saturated carbocycles. The smallest absolute Gasteiger partial charge is 0.260 e. The Morgan fingerprint density at radius 1 is 1.12 bits per heavy atom. The van der Waals surface area contributed by atoms with Crippen LogP contribution in [0.25, 0.3) is 10.2 Å². The fourth-order valence-corrected chi connectivity index (χ4v) is 6.37. The van der Waals surface area contributed by atoms with E-state index in [0.717, 1.165) is 12.8 Å². The molecule has 1 amide bonds. The highest BCUT2D eigenvalue weighted by atomic mass is 32.2. The van der Waals surface area contributed by atoms with Gasteiger partial charge in [-0.1, -0.05) is 18.3 Å². The molecule has 0 N–H and O–H groups in total. The number of carbonyl (C=O) groups excluding carboxylic acids is 1. The fraction of sp³-hybridized carbons (Fsp3) is 0.417. The van der Waals surface area contributed by atoms with Crippen molar-refractivity contribution in [3.63, 3.8) is 0 Å². The van der Waals surface area contributed by atoms with Crippen LogP contribution in [0.1, 0.15) is 30.1 Å². The van der Waals surface area contributed by atoms with Crippen LogP contribution in [-0.4, -0.2) is 68.8 Å². The number of hydrogen-bond donors (Lipinski definition) is 0. The summed E-state index contributed by atoms with van der Waals surface area (Å²) in [6, 6.07) is 10.5. The summed E-state index contributed by atoms with van der Waals surface area (Å²) in [5.74, 6) is -0.107. The van der Waals surface area contributed by atoms with E-state index in [0.29, 0.717) is 53.0 Å². The van der Waals surface area contributed by atoms with E-state index in [1.165, 1.54) is 39.9 Å². The lowest BCUT2D eigenvalue weighted by molar-refractivity contribution is 0.0985. The number of amides is 1. The number of sulfonamides is 1. The quantitative estimate of drug-likeness (QED) is 0.485. The summed E-state index contributed by atoms with van der Waals surface area (Å²) in [6.45, 7) is 4.16. The van der Waals surface area contributed by atoms with E-state index in [-0.39, 0.29) is 16.6 Å². The second kappa shape index (κ2) is 10.1. The SMILES string of the molecule is CC1CCN(S(=O)(=O)c2ccc(C(=O)N(CCN(C)C)c3nc4ccc(F)cc4s3)cc2)CC1. The van der Waals surface area contributed by atoms with Crippen LogP contribution in [0, 0.1) is 11.7 Å². The third-order valence-electron chi connectivity index (χ3n) is 6.07. The average molecular weight is 505 g/mol. The lowest BCUT2D eigenvalue weighted by Gasteiger charge is -2.29. The predicted molar refractivity (Wildman–Crippen MR) is 133 cm³/mol. The van der Waals surface area contributed by atoms with Crippen molar-refractivity contribution in [3.05, 3.63) is 53.8 Å². The highest BCUT2D eigenvalue weighted by Crippen LogP contribution is 2.31. The van der Waals surface area contributed by atoms with E-state index < -0.39 is 10.0 Å². The normalized spacial score (nSPS) is 15.8. The third-order valence-corrected chi connectivity index (χ3v) is 9.02. The Hall–Kier alpha value is -2.40. The van der Waals surface area contributed by atoms with Gasteiger partial charge in [0.05, 0.1) is 15.1 Å². The summed E-state index contributed by atoms with van der Waals surface area (Å²) in [4.78, 5) is 21.7. The molecular weight excluding hydrogens is 475 g/mol. The minimum atomic E-state index is -3.59. The minimum absolute atomic E-state index is 0.189. The lowest BCUT2D eigenvalue weighted by Crippen LogP contribution is -2.38. The van der Waals surface area contributed by atoms with Gasteiger partial charge in [-0.2, -0.15) is 4.31 Å². The summed E-state index contributed by atoms with van der Waals surface area (Å²) < 4.78 is 41.9. The molecule has 0 atom stereocenters. The summed E-state index contributed by atoms with van der Waals surface area (Å²) in [5, 5.41) is 0.478. The second-order valence-electron chi connectivity index (χ2n) is 8.98. The van der Waals surface area contributed by atoms with Gasteiger partial charge in [0.15, 0.2) is 5.13 Å². The van der Waals surface area contributed by atoms with Crippen molar-refractivity contribution in [2.45, 2.75) is 24.7 Å². The van der Waals surface area contributed by atoms with Gasteiger partial charge in [-0.15, -0.1) is 0 Å². The maximum atomic E-state index is 13.7. The summed E-state index contributed by atoms with van der Waals surface area (Å²) in [5.41, 5.74) is 0.997. The first-order valence-electron chi connectivity index (χ1n) is 11.3. The number of carbonyl (C=O) groups is 1. The number of piperidine rings is 1. The van der Waals surface area contributed by atoms with Gasteiger partial charge in [0.1, 0.15) is 5.82 Å². The molecule has 1 aliphatic heterocycles.